The zero-order valence-electron chi connectivity index (χ0n) is 18.9. The van der Waals surface area contributed by atoms with Gasteiger partial charge in [-0.2, -0.15) is 18.4 Å². The van der Waals surface area contributed by atoms with Crippen LogP contribution in [0.1, 0.15) is 29.8 Å². The van der Waals surface area contributed by atoms with Crippen molar-refractivity contribution in [2.24, 2.45) is 0 Å². The van der Waals surface area contributed by atoms with E-state index in [1.165, 1.54) is 33.5 Å². The normalized spacial score (nSPS) is 15.6. The number of hydrogen-bond acceptors (Lipinski definition) is 9. The summed E-state index contributed by atoms with van der Waals surface area (Å²) in [6.45, 7) is 0.0618. The Hall–Kier alpha value is -3.61. The fourth-order valence-electron chi connectivity index (χ4n) is 3.85. The SMILES string of the molecule is CS(=O)(=O)N1CCC(Nc2ncc(C(F)(F)F)c(-c3cn(-c4ccc(C#N)nc4CO)cn3)n2)CC1. The molecule has 1 aliphatic rings. The molecule has 1 aliphatic heterocycles. The Labute approximate surface area is 204 Å². The van der Waals surface area contributed by atoms with E-state index in [-0.39, 0.29) is 42.2 Å². The molecule has 1 fully saturated rings. The first-order valence-electron chi connectivity index (χ1n) is 10.7. The number of sulfonamides is 1. The topological polar surface area (TPSA) is 150 Å². The van der Waals surface area contributed by atoms with Gasteiger partial charge < -0.3 is 15.0 Å². The van der Waals surface area contributed by atoms with Gasteiger partial charge in [0.05, 0.1) is 24.2 Å². The molecule has 0 amide bonds. The number of piperidine rings is 1. The van der Waals surface area contributed by atoms with Gasteiger partial charge in [-0.15, -0.1) is 0 Å². The molecule has 2 N–H and O–H groups in total. The van der Waals surface area contributed by atoms with Crippen LogP contribution < -0.4 is 5.32 Å². The first kappa shape index (κ1) is 25.5. The van der Waals surface area contributed by atoms with E-state index >= 15 is 0 Å². The Kier molecular flexibility index (Phi) is 6.94. The number of nitriles is 1. The molecule has 36 heavy (non-hydrogen) atoms. The third-order valence-corrected chi connectivity index (χ3v) is 6.97. The van der Waals surface area contributed by atoms with E-state index in [4.69, 9.17) is 5.26 Å². The Balaban J connectivity index is 1.64. The lowest BCUT2D eigenvalue weighted by Gasteiger charge is -2.30. The van der Waals surface area contributed by atoms with Gasteiger partial charge in [-0.05, 0) is 25.0 Å². The molecule has 11 nitrogen and oxygen atoms in total. The molecule has 0 spiro atoms. The molecule has 4 heterocycles. The van der Waals surface area contributed by atoms with E-state index in [2.05, 4.69) is 25.3 Å². The Morgan fingerprint density at radius 2 is 1.94 bits per heavy atom. The minimum Gasteiger partial charge on any atom is -0.390 e. The number of aromatic nitrogens is 5. The molecule has 0 atom stereocenters. The van der Waals surface area contributed by atoms with Gasteiger partial charge in [0.2, 0.25) is 16.0 Å². The number of halogens is 3. The lowest BCUT2D eigenvalue weighted by molar-refractivity contribution is -0.137. The number of rotatable bonds is 6. The molecule has 0 unspecified atom stereocenters. The summed E-state index contributed by atoms with van der Waals surface area (Å²) in [4.78, 5) is 16.0. The number of alkyl halides is 3. The van der Waals surface area contributed by atoms with Crippen LogP contribution in [0.5, 0.6) is 0 Å². The third kappa shape index (κ3) is 5.45. The van der Waals surface area contributed by atoms with E-state index in [9.17, 15) is 26.7 Å². The highest BCUT2D eigenvalue weighted by Gasteiger charge is 2.36. The maximum Gasteiger partial charge on any atom is 0.420 e. The molecular weight excluding hydrogens is 501 g/mol. The predicted octanol–water partition coefficient (Wildman–Crippen LogP) is 1.94. The van der Waals surface area contributed by atoms with Crippen LogP contribution in [0, 0.1) is 11.3 Å². The molecule has 0 aromatic carbocycles. The zero-order valence-corrected chi connectivity index (χ0v) is 19.8. The average molecular weight is 523 g/mol. The molecule has 3 aromatic rings. The van der Waals surface area contributed by atoms with Crippen molar-refractivity contribution < 1.29 is 26.7 Å². The van der Waals surface area contributed by atoms with Gasteiger partial charge in [0, 0.05) is 31.5 Å². The van der Waals surface area contributed by atoms with Crippen molar-refractivity contribution >= 4 is 16.0 Å². The van der Waals surface area contributed by atoms with Crippen LogP contribution in [0.3, 0.4) is 0 Å². The van der Waals surface area contributed by atoms with Crippen molar-refractivity contribution in [1.82, 2.24) is 28.8 Å². The molecule has 0 aliphatic carbocycles. The van der Waals surface area contributed by atoms with Crippen molar-refractivity contribution in [1.29, 1.82) is 5.26 Å². The average Bonchev–Trinajstić information content (AvgIpc) is 3.32. The lowest BCUT2D eigenvalue weighted by Crippen LogP contribution is -2.42. The standard InChI is InChI=1S/C21H21F3N8O3S/c1-36(34,35)32-6-4-13(5-7-32)29-20-26-9-15(21(22,23)24)19(30-20)16-10-31(12-27-16)18-3-2-14(8-25)28-17(18)11-33/h2-3,9-10,12-13,33H,4-7,11H2,1H3,(H,26,29,30). The first-order valence-corrected chi connectivity index (χ1v) is 12.6. The van der Waals surface area contributed by atoms with Gasteiger partial charge in [-0.25, -0.2) is 32.7 Å². The highest BCUT2D eigenvalue weighted by molar-refractivity contribution is 7.88. The summed E-state index contributed by atoms with van der Waals surface area (Å²) in [5.74, 6) is -0.0403. The number of imidazole rings is 1. The van der Waals surface area contributed by atoms with E-state index in [0.717, 1.165) is 6.26 Å². The minimum atomic E-state index is -4.75. The summed E-state index contributed by atoms with van der Waals surface area (Å²) in [6.07, 6.45) is 0.515. The van der Waals surface area contributed by atoms with Crippen LogP contribution in [0.15, 0.2) is 30.9 Å². The fraction of sp³-hybridized carbons (Fsp3) is 0.381. The smallest absolute Gasteiger partial charge is 0.390 e. The number of pyridine rings is 1. The predicted molar refractivity (Wildman–Crippen MR) is 121 cm³/mol. The van der Waals surface area contributed by atoms with Crippen molar-refractivity contribution in [3.05, 3.63) is 47.8 Å². The van der Waals surface area contributed by atoms with Gasteiger partial charge in [-0.1, -0.05) is 0 Å². The molecule has 190 valence electrons. The van der Waals surface area contributed by atoms with Crippen molar-refractivity contribution in [2.75, 3.05) is 24.7 Å². The summed E-state index contributed by atoms with van der Waals surface area (Å²) in [5.41, 5.74) is -1.04. The molecule has 0 saturated carbocycles. The number of nitrogens with one attached hydrogen (secondary N) is 1. The molecule has 15 heteroatoms. The maximum absolute atomic E-state index is 13.7. The quantitative estimate of drug-likeness (QED) is 0.495. The highest BCUT2D eigenvalue weighted by atomic mass is 32.2. The molecule has 1 saturated heterocycles. The second-order valence-electron chi connectivity index (χ2n) is 8.13. The van der Waals surface area contributed by atoms with E-state index < -0.39 is 34.1 Å². The second-order valence-corrected chi connectivity index (χ2v) is 10.1. The molecule has 0 radical (unpaired) electrons. The molecule has 3 aromatic heterocycles. The number of nitrogens with zero attached hydrogens (tertiary/aromatic N) is 7. The number of aliphatic hydroxyl groups is 1. The van der Waals surface area contributed by atoms with E-state index in [1.54, 1.807) is 0 Å². The van der Waals surface area contributed by atoms with Gasteiger partial charge in [-0.3, -0.25) is 0 Å². The third-order valence-electron chi connectivity index (χ3n) is 5.67. The fourth-order valence-corrected chi connectivity index (χ4v) is 4.73. The van der Waals surface area contributed by atoms with Crippen LogP contribution >= 0.6 is 0 Å². The van der Waals surface area contributed by atoms with Crippen LogP contribution in [-0.2, 0) is 22.8 Å². The van der Waals surface area contributed by atoms with Crippen LogP contribution in [0.4, 0.5) is 19.1 Å². The summed E-state index contributed by atoms with van der Waals surface area (Å²) >= 11 is 0. The zero-order chi connectivity index (χ0) is 26.1. The van der Waals surface area contributed by atoms with Gasteiger partial charge >= 0.3 is 6.18 Å². The number of anilines is 1. The maximum atomic E-state index is 13.7. The Morgan fingerprint density at radius 1 is 1.22 bits per heavy atom. The summed E-state index contributed by atoms with van der Waals surface area (Å²) in [6, 6.07) is 4.55. The monoisotopic (exact) mass is 522 g/mol. The van der Waals surface area contributed by atoms with Gasteiger partial charge in [0.15, 0.2) is 0 Å². The van der Waals surface area contributed by atoms with E-state index in [0.29, 0.717) is 24.7 Å². The van der Waals surface area contributed by atoms with Crippen LogP contribution in [0.25, 0.3) is 17.1 Å². The Bertz CT molecular complexity index is 1410. The minimum absolute atomic E-state index is 0.0403. The van der Waals surface area contributed by atoms with Crippen molar-refractivity contribution in [2.45, 2.75) is 31.7 Å². The molecule has 0 bridgehead atoms. The summed E-state index contributed by atoms with van der Waals surface area (Å²) in [7, 11) is -3.31. The molecule has 4 rings (SSSR count). The van der Waals surface area contributed by atoms with E-state index in [1.807, 2.05) is 6.07 Å². The first-order chi connectivity index (χ1) is 17.0. The largest absolute Gasteiger partial charge is 0.420 e. The van der Waals surface area contributed by atoms with Crippen molar-refractivity contribution in [3.63, 3.8) is 0 Å². The number of aliphatic hydroxyl groups excluding tert-OH is 1. The number of hydrogen-bond donors (Lipinski definition) is 2. The summed E-state index contributed by atoms with van der Waals surface area (Å²) in [5, 5.41) is 21.6. The van der Waals surface area contributed by atoms with Gasteiger partial charge in [0.25, 0.3) is 0 Å². The highest BCUT2D eigenvalue weighted by Crippen LogP contribution is 2.36. The summed E-state index contributed by atoms with van der Waals surface area (Å²) < 4.78 is 67.3. The van der Waals surface area contributed by atoms with Crippen LogP contribution in [-0.4, -0.2) is 67.7 Å². The Morgan fingerprint density at radius 3 is 2.56 bits per heavy atom. The molecular formula is C21H21F3N8O3S. The van der Waals surface area contributed by atoms with Crippen LogP contribution in [0.2, 0.25) is 0 Å². The van der Waals surface area contributed by atoms with Gasteiger partial charge in [0.1, 0.15) is 35.0 Å². The second kappa shape index (κ2) is 9.80. The lowest BCUT2D eigenvalue weighted by atomic mass is 10.1. The van der Waals surface area contributed by atoms with Crippen molar-refractivity contribution in [3.8, 4) is 23.1 Å².